The Morgan fingerprint density at radius 3 is 2.38 bits per heavy atom. The number of aliphatic carboxylic acids is 1. The van der Waals surface area contributed by atoms with Crippen LogP contribution in [0, 0.1) is 0 Å². The van der Waals surface area contributed by atoms with Crippen molar-refractivity contribution in [1.82, 2.24) is 15.1 Å². The van der Waals surface area contributed by atoms with Crippen molar-refractivity contribution in [3.63, 3.8) is 0 Å². The number of nitrogens with zero attached hydrogens (tertiary/aromatic N) is 2. The number of hydrogen-bond acceptors (Lipinski definition) is 6. The fourth-order valence-corrected chi connectivity index (χ4v) is 5.12. The molecule has 1 aromatic rings. The van der Waals surface area contributed by atoms with Gasteiger partial charge in [-0.15, -0.1) is 0 Å². The number of benzene rings is 1. The Morgan fingerprint density at radius 2 is 1.76 bits per heavy atom. The number of rotatable bonds is 6. The van der Waals surface area contributed by atoms with Crippen molar-refractivity contribution in [3.05, 3.63) is 35.9 Å². The summed E-state index contributed by atoms with van der Waals surface area (Å²) in [5.74, 6) is -1.81. The molecule has 148 valence electrons. The van der Waals surface area contributed by atoms with Crippen LogP contribution in [0.2, 0.25) is 0 Å². The SMILES string of the molecule is O=C([O-])[C@@H]1CCCN2CCC[C@H](NP(=O)([O-])CCc3ccccc3)C(=O)N12.[Na+].[Na+]. The van der Waals surface area contributed by atoms with Crippen molar-refractivity contribution in [3.8, 4) is 0 Å². The van der Waals surface area contributed by atoms with Crippen molar-refractivity contribution in [2.24, 2.45) is 0 Å². The van der Waals surface area contributed by atoms with Gasteiger partial charge in [0.05, 0.1) is 25.6 Å². The number of carbonyl (C=O) groups is 2. The van der Waals surface area contributed by atoms with E-state index in [2.05, 4.69) is 5.09 Å². The van der Waals surface area contributed by atoms with Gasteiger partial charge in [-0.05, 0) is 37.7 Å². The molecule has 8 nitrogen and oxygen atoms in total. The van der Waals surface area contributed by atoms with Gasteiger partial charge in [0.1, 0.15) is 0 Å². The Kier molecular flexibility index (Phi) is 11.6. The molecule has 2 aliphatic rings. The molecule has 29 heavy (non-hydrogen) atoms. The smallest absolute Gasteiger partial charge is 0.788 e. The van der Waals surface area contributed by atoms with Gasteiger partial charge in [0.2, 0.25) is 0 Å². The number of hydrogen-bond donors (Lipinski definition) is 1. The zero-order valence-corrected chi connectivity index (χ0v) is 22.0. The van der Waals surface area contributed by atoms with E-state index in [4.69, 9.17) is 0 Å². The maximum Gasteiger partial charge on any atom is 1.00 e. The predicted molar refractivity (Wildman–Crippen MR) is 95.2 cm³/mol. The summed E-state index contributed by atoms with van der Waals surface area (Å²) in [6.07, 6.45) is 2.20. The van der Waals surface area contributed by atoms with Gasteiger partial charge in [0.25, 0.3) is 5.91 Å². The van der Waals surface area contributed by atoms with Crippen LogP contribution < -0.4 is 74.2 Å². The van der Waals surface area contributed by atoms with E-state index in [1.165, 1.54) is 5.01 Å². The first-order valence-corrected chi connectivity index (χ1v) is 11.1. The van der Waals surface area contributed by atoms with E-state index < -0.39 is 31.5 Å². The number of amides is 1. The molecule has 2 fully saturated rings. The molecule has 2 heterocycles. The van der Waals surface area contributed by atoms with Gasteiger partial charge in [-0.1, -0.05) is 30.3 Å². The van der Waals surface area contributed by atoms with Gasteiger partial charge in [0, 0.05) is 19.3 Å². The van der Waals surface area contributed by atoms with E-state index in [1.54, 1.807) is 5.01 Å². The average Bonchev–Trinajstić information content (AvgIpc) is 2.80. The van der Waals surface area contributed by atoms with Gasteiger partial charge in [-0.3, -0.25) is 14.9 Å². The Labute approximate surface area is 215 Å². The topological polar surface area (TPSA) is 116 Å². The van der Waals surface area contributed by atoms with Crippen LogP contribution in [0.25, 0.3) is 0 Å². The zero-order chi connectivity index (χ0) is 19.4. The molecule has 0 aliphatic carbocycles. The predicted octanol–water partition coefficient (Wildman–Crippen LogP) is -6.50. The summed E-state index contributed by atoms with van der Waals surface area (Å²) >= 11 is 0. The van der Waals surface area contributed by atoms with Gasteiger partial charge in [-0.2, -0.15) is 0 Å². The second kappa shape index (κ2) is 12.3. The van der Waals surface area contributed by atoms with Crippen LogP contribution in [-0.4, -0.2) is 53.2 Å². The van der Waals surface area contributed by atoms with E-state index in [0.717, 1.165) is 5.56 Å². The molecule has 3 rings (SSSR count). The maximum atomic E-state index is 12.9. The molecular weight excluding hydrogens is 415 g/mol. The second-order valence-corrected chi connectivity index (χ2v) is 9.12. The van der Waals surface area contributed by atoms with Crippen LogP contribution in [0.1, 0.15) is 31.2 Å². The third kappa shape index (κ3) is 7.42. The van der Waals surface area contributed by atoms with E-state index in [1.807, 2.05) is 30.3 Å². The molecule has 0 aromatic heterocycles. The summed E-state index contributed by atoms with van der Waals surface area (Å²) in [5.41, 5.74) is 0.904. The van der Waals surface area contributed by atoms with Crippen LogP contribution in [0.15, 0.2) is 30.3 Å². The van der Waals surface area contributed by atoms with Crippen LogP contribution in [-0.2, 0) is 20.6 Å². The summed E-state index contributed by atoms with van der Waals surface area (Å²) in [7, 11) is -4.00. The minimum atomic E-state index is -4.00. The Morgan fingerprint density at radius 1 is 1.14 bits per heavy atom. The van der Waals surface area contributed by atoms with Crippen LogP contribution >= 0.6 is 7.52 Å². The first kappa shape index (κ1) is 27.3. The van der Waals surface area contributed by atoms with Crippen LogP contribution in [0.5, 0.6) is 0 Å². The van der Waals surface area contributed by atoms with Crippen molar-refractivity contribution < 1.29 is 83.3 Å². The largest absolute Gasteiger partial charge is 1.00 e. The Balaban J connectivity index is 0.00000210. The third-order valence-electron chi connectivity index (χ3n) is 5.09. The van der Waals surface area contributed by atoms with Crippen LogP contribution in [0.3, 0.4) is 0 Å². The molecule has 2 aliphatic heterocycles. The summed E-state index contributed by atoms with van der Waals surface area (Å²) in [4.78, 5) is 36.9. The fraction of sp³-hybridized carbons (Fsp3) is 0.556. The number of carboxylic acids is 1. The molecule has 1 unspecified atom stereocenters. The molecule has 1 N–H and O–H groups in total. The quantitative estimate of drug-likeness (QED) is 0.346. The first-order chi connectivity index (χ1) is 12.9. The average molecular weight is 439 g/mol. The molecule has 2 saturated heterocycles. The number of carboxylic acid groups (broad SMARTS) is 1. The Hall–Kier alpha value is 0.270. The molecule has 0 bridgehead atoms. The monoisotopic (exact) mass is 439 g/mol. The molecule has 0 radical (unpaired) electrons. The number of hydrazine groups is 1. The minimum Gasteiger partial charge on any atom is -0.788 e. The number of nitrogens with one attached hydrogen (secondary N) is 1. The molecule has 11 heteroatoms. The van der Waals surface area contributed by atoms with E-state index in [9.17, 15) is 24.2 Å². The number of carbonyl (C=O) groups excluding carboxylic acids is 2. The van der Waals surface area contributed by atoms with Crippen molar-refractivity contribution in [1.29, 1.82) is 0 Å². The summed E-state index contributed by atoms with van der Waals surface area (Å²) in [5, 5.41) is 16.9. The summed E-state index contributed by atoms with van der Waals surface area (Å²) in [6, 6.07) is 7.29. The van der Waals surface area contributed by atoms with Crippen molar-refractivity contribution in [2.75, 3.05) is 19.3 Å². The third-order valence-corrected chi connectivity index (χ3v) is 6.61. The Bertz CT molecular complexity index is 739. The van der Waals surface area contributed by atoms with E-state index in [-0.39, 0.29) is 65.3 Å². The molecule has 1 amide bonds. The van der Waals surface area contributed by atoms with Crippen LogP contribution in [0.4, 0.5) is 0 Å². The number of aryl methyl sites for hydroxylation is 1. The van der Waals surface area contributed by atoms with Crippen molar-refractivity contribution >= 4 is 19.4 Å². The molecule has 0 spiro atoms. The second-order valence-electron chi connectivity index (χ2n) is 7.07. The summed E-state index contributed by atoms with van der Waals surface area (Å²) < 4.78 is 12.5. The zero-order valence-electron chi connectivity index (χ0n) is 17.1. The standard InChI is InChI=1S/C18H26N3O5P.2Na/c22-17-15(19-27(25,26)13-10-14-6-2-1-3-7-14)8-4-11-20-12-5-9-16(18(23)24)21(17)20;;/h1-3,6-7,15-16H,4-5,8-13H2,(H,23,24)(H2,19,25,26);;/q;2*+1/p-2/t15-,16-;;/m0../s1. The van der Waals surface area contributed by atoms with Gasteiger partial charge in [-0.25, -0.2) is 5.01 Å². The van der Waals surface area contributed by atoms with E-state index >= 15 is 0 Å². The molecule has 1 aromatic carbocycles. The summed E-state index contributed by atoms with van der Waals surface area (Å²) in [6.45, 7) is 1.12. The maximum absolute atomic E-state index is 12.9. The molecular formula is C18H24N3Na2O5P. The molecule has 3 atom stereocenters. The van der Waals surface area contributed by atoms with Gasteiger partial charge >= 0.3 is 59.1 Å². The number of fused-ring (bicyclic) bond motifs is 1. The molecule has 0 saturated carbocycles. The first-order valence-electron chi connectivity index (χ1n) is 9.28. The van der Waals surface area contributed by atoms with Gasteiger partial charge in [0.15, 0.2) is 0 Å². The normalized spacial score (nSPS) is 24.3. The minimum absolute atomic E-state index is 0. The van der Waals surface area contributed by atoms with Gasteiger partial charge < -0.3 is 19.4 Å². The van der Waals surface area contributed by atoms with Crippen molar-refractivity contribution in [2.45, 2.75) is 44.2 Å². The fourth-order valence-electron chi connectivity index (χ4n) is 3.73. The van der Waals surface area contributed by atoms with E-state index in [0.29, 0.717) is 45.2 Å².